The van der Waals surface area contributed by atoms with E-state index in [1.165, 1.54) is 9.71 Å². The van der Waals surface area contributed by atoms with Crippen LogP contribution in [-0.4, -0.2) is 28.3 Å². The van der Waals surface area contributed by atoms with E-state index in [9.17, 15) is 5.11 Å². The first-order valence-electron chi connectivity index (χ1n) is 8.49. The van der Waals surface area contributed by atoms with E-state index in [1.807, 2.05) is 12.1 Å². The van der Waals surface area contributed by atoms with Crippen LogP contribution >= 0.6 is 11.3 Å². The number of benzene rings is 2. The Morgan fingerprint density at radius 2 is 2.04 bits per heavy atom. The van der Waals surface area contributed by atoms with Gasteiger partial charge in [-0.3, -0.25) is 4.90 Å². The fourth-order valence-electron chi connectivity index (χ4n) is 3.65. The van der Waals surface area contributed by atoms with Gasteiger partial charge in [0.05, 0.1) is 16.3 Å². The highest BCUT2D eigenvalue weighted by molar-refractivity contribution is 7.18. The number of phenolic OH excluding ortho intramolecular Hbond substituents is 1. The van der Waals surface area contributed by atoms with Gasteiger partial charge in [0.25, 0.3) is 0 Å². The molecule has 2 aliphatic rings. The molecule has 3 aromatic rings. The number of para-hydroxylation sites is 1. The Labute approximate surface area is 149 Å². The van der Waals surface area contributed by atoms with Gasteiger partial charge in [0.1, 0.15) is 10.8 Å². The first kappa shape index (κ1) is 15.0. The van der Waals surface area contributed by atoms with Gasteiger partial charge in [-0.05, 0) is 37.6 Å². The molecule has 6 heteroatoms. The largest absolute Gasteiger partial charge is 0.507 e. The summed E-state index contributed by atoms with van der Waals surface area (Å²) in [7, 11) is 0. The molecule has 0 radical (unpaired) electrons. The van der Waals surface area contributed by atoms with Crippen molar-refractivity contribution in [3.8, 4) is 17.2 Å². The second-order valence-corrected chi connectivity index (χ2v) is 7.54. The average molecular weight is 354 g/mol. The highest BCUT2D eigenvalue weighted by Gasteiger charge is 2.30. The molecule has 1 N–H and O–H groups in total. The quantitative estimate of drug-likeness (QED) is 0.768. The number of aromatic nitrogens is 1. The van der Waals surface area contributed by atoms with Gasteiger partial charge in [-0.1, -0.05) is 12.1 Å². The number of likely N-dealkylation sites (tertiary alicyclic amines) is 1. The van der Waals surface area contributed by atoms with Crippen LogP contribution in [0.15, 0.2) is 36.4 Å². The Kier molecular flexibility index (Phi) is 3.53. The number of phenols is 1. The molecule has 2 aliphatic heterocycles. The minimum Gasteiger partial charge on any atom is -0.507 e. The third-order valence-corrected chi connectivity index (χ3v) is 6.04. The lowest BCUT2D eigenvalue weighted by molar-refractivity contribution is 0.173. The number of hydrogen-bond acceptors (Lipinski definition) is 6. The molecule has 0 unspecified atom stereocenters. The van der Waals surface area contributed by atoms with Crippen LogP contribution in [0.2, 0.25) is 0 Å². The average Bonchev–Trinajstić information content (AvgIpc) is 3.33. The van der Waals surface area contributed by atoms with Crippen LogP contribution in [0.5, 0.6) is 17.2 Å². The van der Waals surface area contributed by atoms with Crippen molar-refractivity contribution in [1.29, 1.82) is 0 Å². The molecule has 5 rings (SSSR count). The predicted octanol–water partition coefficient (Wildman–Crippen LogP) is 4.07. The van der Waals surface area contributed by atoms with Crippen molar-refractivity contribution in [1.82, 2.24) is 9.88 Å². The minimum atomic E-state index is 0.219. The first-order chi connectivity index (χ1) is 12.3. The summed E-state index contributed by atoms with van der Waals surface area (Å²) in [5.74, 6) is 1.59. The Bertz CT molecular complexity index is 907. The molecule has 1 atom stereocenters. The summed E-state index contributed by atoms with van der Waals surface area (Å²) in [6.07, 6.45) is 2.25. The van der Waals surface area contributed by atoms with Gasteiger partial charge < -0.3 is 14.6 Å². The highest BCUT2D eigenvalue weighted by Crippen LogP contribution is 2.41. The molecule has 0 bridgehead atoms. The van der Waals surface area contributed by atoms with Crippen molar-refractivity contribution in [3.63, 3.8) is 0 Å². The van der Waals surface area contributed by atoms with Gasteiger partial charge in [0.2, 0.25) is 6.79 Å². The van der Waals surface area contributed by atoms with Gasteiger partial charge in [-0.2, -0.15) is 0 Å². The molecule has 1 saturated heterocycles. The summed E-state index contributed by atoms with van der Waals surface area (Å²) in [5, 5.41) is 11.5. The zero-order chi connectivity index (χ0) is 16.8. The van der Waals surface area contributed by atoms with Crippen LogP contribution < -0.4 is 9.47 Å². The third kappa shape index (κ3) is 2.62. The van der Waals surface area contributed by atoms with Crippen LogP contribution in [0.1, 0.15) is 29.5 Å². The van der Waals surface area contributed by atoms with Crippen molar-refractivity contribution in [3.05, 3.63) is 47.0 Å². The van der Waals surface area contributed by atoms with Crippen LogP contribution in [-0.2, 0) is 6.54 Å². The molecule has 2 aromatic carbocycles. The van der Waals surface area contributed by atoms with E-state index < -0.39 is 0 Å². The summed E-state index contributed by atoms with van der Waals surface area (Å²) in [5.41, 5.74) is 1.94. The highest BCUT2D eigenvalue weighted by atomic mass is 32.1. The van der Waals surface area contributed by atoms with Crippen molar-refractivity contribution >= 4 is 21.6 Å². The van der Waals surface area contributed by atoms with E-state index in [4.69, 9.17) is 14.5 Å². The summed E-state index contributed by atoms with van der Waals surface area (Å²) in [4.78, 5) is 7.23. The lowest BCUT2D eigenvalue weighted by atomic mass is 10.1. The minimum absolute atomic E-state index is 0.219. The van der Waals surface area contributed by atoms with Gasteiger partial charge >= 0.3 is 0 Å². The van der Waals surface area contributed by atoms with Crippen LogP contribution in [0.3, 0.4) is 0 Å². The van der Waals surface area contributed by atoms with Crippen molar-refractivity contribution in [2.75, 3.05) is 13.3 Å². The van der Waals surface area contributed by atoms with Crippen LogP contribution in [0.25, 0.3) is 10.2 Å². The van der Waals surface area contributed by atoms with Crippen molar-refractivity contribution in [2.45, 2.75) is 25.4 Å². The molecule has 25 heavy (non-hydrogen) atoms. The molecule has 3 heterocycles. The molecule has 0 amide bonds. The number of thiazole rings is 1. The van der Waals surface area contributed by atoms with E-state index in [-0.39, 0.29) is 12.5 Å². The maximum absolute atomic E-state index is 10.3. The second kappa shape index (κ2) is 5.89. The number of hydrogen-bond donors (Lipinski definition) is 1. The van der Waals surface area contributed by atoms with E-state index >= 15 is 0 Å². The number of fused-ring (bicyclic) bond motifs is 2. The molecule has 1 fully saturated rings. The number of nitrogens with zero attached hydrogens (tertiary/aromatic N) is 2. The molecular weight excluding hydrogens is 336 g/mol. The standard InChI is InChI=1S/C19H18N2O3S/c22-15-9-17-16(23-11-24-17)8-12(15)10-21-7-3-5-14(21)19-20-13-4-1-2-6-18(13)25-19/h1-2,4,6,8-9,14,22H,3,5,7,10-11H2/t14-/m0/s1. The maximum Gasteiger partial charge on any atom is 0.231 e. The summed E-state index contributed by atoms with van der Waals surface area (Å²) >= 11 is 1.77. The van der Waals surface area contributed by atoms with Gasteiger partial charge in [0, 0.05) is 18.2 Å². The normalized spacial score (nSPS) is 19.8. The van der Waals surface area contributed by atoms with E-state index in [0.717, 1.165) is 30.5 Å². The topological polar surface area (TPSA) is 54.8 Å². The molecule has 128 valence electrons. The monoisotopic (exact) mass is 354 g/mol. The molecule has 0 aliphatic carbocycles. The van der Waals surface area contributed by atoms with Gasteiger partial charge in [-0.25, -0.2) is 4.98 Å². The lowest BCUT2D eigenvalue weighted by Gasteiger charge is -2.23. The molecule has 0 saturated carbocycles. The lowest BCUT2D eigenvalue weighted by Crippen LogP contribution is -2.22. The van der Waals surface area contributed by atoms with Gasteiger partial charge in [0.15, 0.2) is 11.5 Å². The van der Waals surface area contributed by atoms with Gasteiger partial charge in [-0.15, -0.1) is 11.3 Å². The molecule has 1 aromatic heterocycles. The maximum atomic E-state index is 10.3. The molecule has 5 nitrogen and oxygen atoms in total. The Morgan fingerprint density at radius 3 is 2.92 bits per heavy atom. The number of ether oxygens (including phenoxy) is 2. The Morgan fingerprint density at radius 1 is 1.20 bits per heavy atom. The van der Waals surface area contributed by atoms with E-state index in [2.05, 4.69) is 23.1 Å². The molecular formula is C19H18N2O3S. The van der Waals surface area contributed by atoms with Crippen molar-refractivity contribution < 1.29 is 14.6 Å². The number of aromatic hydroxyl groups is 1. The third-order valence-electron chi connectivity index (χ3n) is 4.91. The fourth-order valence-corrected chi connectivity index (χ4v) is 4.78. The first-order valence-corrected chi connectivity index (χ1v) is 9.30. The van der Waals surface area contributed by atoms with Crippen LogP contribution in [0, 0.1) is 0 Å². The zero-order valence-corrected chi connectivity index (χ0v) is 14.5. The smallest absolute Gasteiger partial charge is 0.231 e. The van der Waals surface area contributed by atoms with E-state index in [1.54, 1.807) is 17.4 Å². The summed E-state index contributed by atoms with van der Waals surface area (Å²) in [6, 6.07) is 12.1. The van der Waals surface area contributed by atoms with Crippen LogP contribution in [0.4, 0.5) is 0 Å². The SMILES string of the molecule is Oc1cc2c(cc1CN1CCC[C@H]1c1nc3ccccc3s1)OCO2. The number of rotatable bonds is 3. The molecule has 0 spiro atoms. The Balaban J connectivity index is 1.43. The summed E-state index contributed by atoms with van der Waals surface area (Å²) < 4.78 is 12.0. The predicted molar refractivity (Wildman–Crippen MR) is 96.2 cm³/mol. The zero-order valence-electron chi connectivity index (χ0n) is 13.6. The Hall–Kier alpha value is -2.31. The summed E-state index contributed by atoms with van der Waals surface area (Å²) in [6.45, 7) is 1.91. The van der Waals surface area contributed by atoms with E-state index in [0.29, 0.717) is 24.1 Å². The fraction of sp³-hybridized carbons (Fsp3) is 0.316. The second-order valence-electron chi connectivity index (χ2n) is 6.48. The van der Waals surface area contributed by atoms with Crippen molar-refractivity contribution in [2.24, 2.45) is 0 Å².